The van der Waals surface area contributed by atoms with Gasteiger partial charge in [0.15, 0.2) is 8.32 Å². The third kappa shape index (κ3) is 3.54. The summed E-state index contributed by atoms with van der Waals surface area (Å²) in [5.74, 6) is 0. The Kier molecular flexibility index (Phi) is 4.33. The molecule has 0 amide bonds. The van der Waals surface area contributed by atoms with Gasteiger partial charge in [-0.2, -0.15) is 0 Å². The van der Waals surface area contributed by atoms with Gasteiger partial charge in [0.2, 0.25) is 0 Å². The van der Waals surface area contributed by atoms with E-state index in [4.69, 9.17) is 8.84 Å². The number of carbonyl (C=O) groups excluding carboxylic acids is 1. The topological polar surface area (TPSA) is 39.4 Å². The highest BCUT2D eigenvalue weighted by Crippen LogP contribution is 2.40. The van der Waals surface area contributed by atoms with E-state index in [0.717, 1.165) is 11.8 Å². The molecule has 1 rings (SSSR count). The minimum atomic E-state index is -1.86. The molecule has 0 aromatic carbocycles. The molecule has 17 heavy (non-hydrogen) atoms. The summed E-state index contributed by atoms with van der Waals surface area (Å²) in [6.45, 7) is 10.9. The first-order valence-electron chi connectivity index (χ1n) is 5.91. The van der Waals surface area contributed by atoms with Crippen LogP contribution >= 0.6 is 0 Å². The molecule has 0 radical (unpaired) electrons. The minimum absolute atomic E-state index is 0.137. The zero-order valence-corrected chi connectivity index (χ0v) is 12.3. The molecule has 1 aromatic rings. The van der Waals surface area contributed by atoms with E-state index in [2.05, 4.69) is 33.9 Å². The molecule has 0 unspecified atom stereocenters. The van der Waals surface area contributed by atoms with Crippen molar-refractivity contribution in [3.63, 3.8) is 0 Å². The van der Waals surface area contributed by atoms with Crippen LogP contribution in [0.5, 0.6) is 0 Å². The average molecular weight is 254 g/mol. The summed E-state index contributed by atoms with van der Waals surface area (Å²) < 4.78 is 11.3. The molecule has 96 valence electrons. The molecule has 0 bridgehead atoms. The van der Waals surface area contributed by atoms with Crippen LogP contribution in [-0.4, -0.2) is 14.6 Å². The van der Waals surface area contributed by atoms with Crippen LogP contribution < -0.4 is 0 Å². The lowest BCUT2D eigenvalue weighted by Crippen LogP contribution is -2.41. The molecule has 0 spiro atoms. The van der Waals surface area contributed by atoms with E-state index < -0.39 is 8.32 Å². The molecule has 0 aliphatic carbocycles. The van der Waals surface area contributed by atoms with Gasteiger partial charge in [-0.25, -0.2) is 0 Å². The summed E-state index contributed by atoms with van der Waals surface area (Å²) in [6.07, 6.45) is 4.38. The summed E-state index contributed by atoms with van der Waals surface area (Å²) in [5.41, 5.74) is 0.946. The Morgan fingerprint density at radius 3 is 2.53 bits per heavy atom. The first kappa shape index (κ1) is 14.2. The van der Waals surface area contributed by atoms with Gasteiger partial charge >= 0.3 is 0 Å². The van der Waals surface area contributed by atoms with Gasteiger partial charge in [-0.05, 0) is 24.2 Å². The summed E-state index contributed by atoms with van der Waals surface area (Å²) in [5, 5.41) is 0.137. The lowest BCUT2D eigenvalue weighted by molar-refractivity contribution is -0.109. The fourth-order valence-corrected chi connectivity index (χ4v) is 2.63. The van der Waals surface area contributed by atoms with Crippen LogP contribution in [0.15, 0.2) is 23.0 Å². The summed E-state index contributed by atoms with van der Waals surface area (Å²) >= 11 is 0. The van der Waals surface area contributed by atoms with Crippen molar-refractivity contribution in [2.75, 3.05) is 0 Å². The van der Waals surface area contributed by atoms with E-state index in [-0.39, 0.29) is 11.1 Å². The van der Waals surface area contributed by atoms with E-state index in [1.807, 2.05) is 6.07 Å². The Bertz CT molecular complexity index is 349. The number of rotatable bonds is 5. The van der Waals surface area contributed by atoms with E-state index in [0.29, 0.717) is 6.42 Å². The van der Waals surface area contributed by atoms with Gasteiger partial charge in [-0.1, -0.05) is 20.8 Å². The van der Waals surface area contributed by atoms with Gasteiger partial charge in [0.1, 0.15) is 6.29 Å². The fraction of sp³-hybridized carbons (Fsp3) is 0.615. The highest BCUT2D eigenvalue weighted by molar-refractivity contribution is 6.74. The quantitative estimate of drug-likeness (QED) is 0.590. The molecule has 0 aliphatic rings. The standard InChI is InChI=1S/C13H22O3Si/c1-13(2,3)17(4,5)16-12(6-8-14)11-7-9-15-10-11/h7-10,12H,6H2,1-5H3/t12-/m1/s1. The molecular weight excluding hydrogens is 232 g/mol. The monoisotopic (exact) mass is 254 g/mol. The van der Waals surface area contributed by atoms with Crippen LogP contribution in [0.3, 0.4) is 0 Å². The lowest BCUT2D eigenvalue weighted by Gasteiger charge is -2.38. The van der Waals surface area contributed by atoms with Gasteiger partial charge in [0, 0.05) is 12.0 Å². The number of hydrogen-bond acceptors (Lipinski definition) is 3. The first-order valence-corrected chi connectivity index (χ1v) is 8.82. The van der Waals surface area contributed by atoms with Crippen LogP contribution in [0.4, 0.5) is 0 Å². The van der Waals surface area contributed by atoms with Crippen LogP contribution in [-0.2, 0) is 9.22 Å². The predicted molar refractivity (Wildman–Crippen MR) is 70.4 cm³/mol. The van der Waals surface area contributed by atoms with Crippen molar-refractivity contribution < 1.29 is 13.6 Å². The zero-order chi connectivity index (χ0) is 13.1. The molecule has 0 saturated carbocycles. The largest absolute Gasteiger partial charge is 0.472 e. The van der Waals surface area contributed by atoms with Gasteiger partial charge in [0.05, 0.1) is 18.6 Å². The normalized spacial score (nSPS) is 14.6. The van der Waals surface area contributed by atoms with E-state index in [1.54, 1.807) is 12.5 Å². The number of carbonyl (C=O) groups is 1. The summed E-state index contributed by atoms with van der Waals surface area (Å²) in [7, 11) is -1.86. The second kappa shape index (κ2) is 5.19. The van der Waals surface area contributed by atoms with Crippen LogP contribution in [0, 0.1) is 0 Å². The Balaban J connectivity index is 2.85. The van der Waals surface area contributed by atoms with Crippen molar-refractivity contribution in [1.82, 2.24) is 0 Å². The van der Waals surface area contributed by atoms with Gasteiger partial charge in [0.25, 0.3) is 0 Å². The Hall–Kier alpha value is -0.873. The molecular formula is C13H22O3Si. The predicted octanol–water partition coefficient (Wildman–Crippen LogP) is 3.93. The smallest absolute Gasteiger partial charge is 0.192 e. The van der Waals surface area contributed by atoms with Gasteiger partial charge in [-0.3, -0.25) is 0 Å². The Morgan fingerprint density at radius 2 is 2.12 bits per heavy atom. The second-order valence-corrected chi connectivity index (χ2v) is 10.6. The van der Waals surface area contributed by atoms with Crippen molar-refractivity contribution in [2.24, 2.45) is 0 Å². The van der Waals surface area contributed by atoms with E-state index >= 15 is 0 Å². The first-order chi connectivity index (χ1) is 7.78. The van der Waals surface area contributed by atoms with Gasteiger partial charge in [-0.15, -0.1) is 0 Å². The Morgan fingerprint density at radius 1 is 1.47 bits per heavy atom. The minimum Gasteiger partial charge on any atom is -0.472 e. The molecule has 0 fully saturated rings. The van der Waals surface area contributed by atoms with E-state index in [1.165, 1.54) is 0 Å². The molecule has 0 aliphatic heterocycles. The molecule has 1 atom stereocenters. The number of hydrogen-bond donors (Lipinski definition) is 0. The van der Waals surface area contributed by atoms with Crippen molar-refractivity contribution in [1.29, 1.82) is 0 Å². The van der Waals surface area contributed by atoms with E-state index in [9.17, 15) is 4.79 Å². The Labute approximate surface area is 104 Å². The van der Waals surface area contributed by atoms with Gasteiger partial charge < -0.3 is 13.6 Å². The highest BCUT2D eigenvalue weighted by Gasteiger charge is 2.39. The van der Waals surface area contributed by atoms with Crippen molar-refractivity contribution in [3.8, 4) is 0 Å². The van der Waals surface area contributed by atoms with Crippen molar-refractivity contribution >= 4 is 14.6 Å². The van der Waals surface area contributed by atoms with Crippen LogP contribution in [0.1, 0.15) is 38.9 Å². The molecule has 1 aromatic heterocycles. The maximum Gasteiger partial charge on any atom is 0.192 e. The summed E-state index contributed by atoms with van der Waals surface area (Å²) in [4.78, 5) is 10.8. The maximum atomic E-state index is 10.8. The SMILES string of the molecule is CC(C)(C)[Si](C)(C)O[C@H](CC=O)c1ccoc1. The third-order valence-electron chi connectivity index (χ3n) is 3.47. The van der Waals surface area contributed by atoms with Crippen molar-refractivity contribution in [2.45, 2.75) is 51.4 Å². The highest BCUT2D eigenvalue weighted by atomic mass is 28.4. The maximum absolute atomic E-state index is 10.8. The van der Waals surface area contributed by atoms with Crippen LogP contribution in [0.2, 0.25) is 18.1 Å². The van der Waals surface area contributed by atoms with Crippen LogP contribution in [0.25, 0.3) is 0 Å². The fourth-order valence-electron chi connectivity index (χ4n) is 1.33. The summed E-state index contributed by atoms with van der Waals surface area (Å²) in [6, 6.07) is 1.86. The molecule has 3 nitrogen and oxygen atoms in total. The van der Waals surface area contributed by atoms with Crippen molar-refractivity contribution in [3.05, 3.63) is 24.2 Å². The second-order valence-electron chi connectivity index (χ2n) is 5.83. The number of aldehydes is 1. The number of furan rings is 1. The molecule has 4 heteroatoms. The molecule has 1 heterocycles. The lowest BCUT2D eigenvalue weighted by atomic mass is 10.1. The molecule has 0 N–H and O–H groups in total. The molecule has 0 saturated heterocycles. The third-order valence-corrected chi connectivity index (χ3v) is 7.95. The zero-order valence-electron chi connectivity index (χ0n) is 11.3. The average Bonchev–Trinajstić information content (AvgIpc) is 2.67.